The van der Waals surface area contributed by atoms with Gasteiger partial charge in [0.1, 0.15) is 12.6 Å². The Bertz CT molecular complexity index is 1090. The van der Waals surface area contributed by atoms with Crippen LogP contribution in [0.3, 0.4) is 0 Å². The molecule has 11 heteroatoms. The first-order chi connectivity index (χ1) is 15.2. The fourth-order valence-electron chi connectivity index (χ4n) is 3.61. The van der Waals surface area contributed by atoms with E-state index in [0.29, 0.717) is 0 Å². The molecule has 1 atom stereocenters. The number of alkyl carbamates (subject to hydrolysis) is 1. The van der Waals surface area contributed by atoms with Gasteiger partial charge in [-0.25, -0.2) is 18.4 Å². The summed E-state index contributed by atoms with van der Waals surface area (Å²) in [4.78, 5) is 35.6. The first-order valence-electron chi connectivity index (χ1n) is 9.77. The first kappa shape index (κ1) is 23.2. The summed E-state index contributed by atoms with van der Waals surface area (Å²) >= 11 is 0. The number of hydrogen-bond acceptors (Lipinski definition) is 6. The molecule has 1 aliphatic carbocycles. The number of ether oxygens (including phenoxy) is 1. The topological polar surface area (TPSA) is 165 Å². The lowest BCUT2D eigenvalue weighted by molar-refractivity contribution is -0.139. The van der Waals surface area contributed by atoms with E-state index < -0.39 is 46.2 Å². The molecular weight excluding hydrogens is 438 g/mol. The van der Waals surface area contributed by atoms with Crippen molar-refractivity contribution in [2.75, 3.05) is 18.9 Å². The van der Waals surface area contributed by atoms with Gasteiger partial charge in [0.15, 0.2) is 0 Å². The number of nitrogens with two attached hydrogens (primary N) is 1. The number of carbonyl (C=O) groups excluding carboxylic acids is 2. The Morgan fingerprint density at radius 3 is 2.12 bits per heavy atom. The fraction of sp³-hybridized carbons (Fsp3) is 0.286. The molecule has 170 valence electrons. The van der Waals surface area contributed by atoms with Gasteiger partial charge in [0.25, 0.3) is 0 Å². The maximum absolute atomic E-state index is 12.3. The van der Waals surface area contributed by atoms with E-state index in [1.54, 1.807) is 0 Å². The van der Waals surface area contributed by atoms with Gasteiger partial charge in [0.2, 0.25) is 15.9 Å². The van der Waals surface area contributed by atoms with E-state index in [-0.39, 0.29) is 19.1 Å². The highest BCUT2D eigenvalue weighted by molar-refractivity contribution is 7.89. The third-order valence-electron chi connectivity index (χ3n) is 5.02. The van der Waals surface area contributed by atoms with Gasteiger partial charge in [0, 0.05) is 12.5 Å². The van der Waals surface area contributed by atoms with Crippen LogP contribution in [-0.2, 0) is 24.3 Å². The van der Waals surface area contributed by atoms with Crippen molar-refractivity contribution in [3.63, 3.8) is 0 Å². The summed E-state index contributed by atoms with van der Waals surface area (Å²) in [6, 6.07) is 14.1. The summed E-state index contributed by atoms with van der Waals surface area (Å²) in [5, 5.41) is 18.4. The molecule has 32 heavy (non-hydrogen) atoms. The summed E-state index contributed by atoms with van der Waals surface area (Å²) in [5.74, 6) is -2.90. The standard InChI is InChI=1S/C21H23N3O7S/c22-32(29,30)10-9-23-20(27)18(11-19(25)26)24-21(28)31-12-17-15-7-3-1-5-13(15)14-6-2-4-8-16(14)17/h1-8,17-18H,9-12H2,(H,23,27)(H,24,28)(H,25,26)(H2,22,29,30). The van der Waals surface area contributed by atoms with E-state index in [2.05, 4.69) is 10.6 Å². The number of sulfonamides is 1. The minimum atomic E-state index is -3.80. The molecule has 0 saturated carbocycles. The molecule has 1 unspecified atom stereocenters. The molecule has 0 saturated heterocycles. The molecule has 2 aromatic carbocycles. The van der Waals surface area contributed by atoms with E-state index in [1.807, 2.05) is 48.5 Å². The summed E-state index contributed by atoms with van der Waals surface area (Å²) in [5.41, 5.74) is 4.11. The molecule has 0 aromatic heterocycles. The van der Waals surface area contributed by atoms with Gasteiger partial charge in [0.05, 0.1) is 12.2 Å². The second-order valence-corrected chi connectivity index (χ2v) is 9.01. The van der Waals surface area contributed by atoms with E-state index in [9.17, 15) is 22.8 Å². The second kappa shape index (κ2) is 9.79. The second-order valence-electron chi connectivity index (χ2n) is 7.28. The first-order valence-corrected chi connectivity index (χ1v) is 11.5. The number of aliphatic carboxylic acids is 1. The van der Waals surface area contributed by atoms with Crippen molar-refractivity contribution in [1.82, 2.24) is 10.6 Å². The van der Waals surface area contributed by atoms with Crippen molar-refractivity contribution in [2.24, 2.45) is 5.14 Å². The van der Waals surface area contributed by atoms with Crippen LogP contribution < -0.4 is 15.8 Å². The van der Waals surface area contributed by atoms with Crippen LogP contribution in [0.5, 0.6) is 0 Å². The molecule has 0 heterocycles. The smallest absolute Gasteiger partial charge is 0.407 e. The van der Waals surface area contributed by atoms with Gasteiger partial charge in [-0.3, -0.25) is 9.59 Å². The van der Waals surface area contributed by atoms with Crippen LogP contribution in [-0.4, -0.2) is 56.4 Å². The van der Waals surface area contributed by atoms with Gasteiger partial charge in [-0.1, -0.05) is 48.5 Å². The van der Waals surface area contributed by atoms with E-state index in [1.165, 1.54) is 0 Å². The highest BCUT2D eigenvalue weighted by Crippen LogP contribution is 2.44. The lowest BCUT2D eigenvalue weighted by atomic mass is 9.98. The number of rotatable bonds is 9. The lowest BCUT2D eigenvalue weighted by Crippen LogP contribution is -2.49. The van der Waals surface area contributed by atoms with Crippen LogP contribution in [0, 0.1) is 0 Å². The zero-order valence-corrected chi connectivity index (χ0v) is 17.8. The number of amides is 2. The van der Waals surface area contributed by atoms with E-state index in [0.717, 1.165) is 22.3 Å². The molecule has 0 radical (unpaired) electrons. The molecule has 3 rings (SSSR count). The maximum atomic E-state index is 12.3. The maximum Gasteiger partial charge on any atom is 0.407 e. The van der Waals surface area contributed by atoms with Gasteiger partial charge in [-0.15, -0.1) is 0 Å². The SMILES string of the molecule is NS(=O)(=O)CCNC(=O)C(CC(=O)O)NC(=O)OCC1c2ccccc2-c2ccccc21. The quantitative estimate of drug-likeness (QED) is 0.428. The normalized spacial score (nSPS) is 13.5. The molecule has 0 aliphatic heterocycles. The Morgan fingerprint density at radius 1 is 1.03 bits per heavy atom. The number of hydrogen-bond donors (Lipinski definition) is 4. The summed E-state index contributed by atoms with van der Waals surface area (Å²) in [6.45, 7) is -0.327. The number of carbonyl (C=O) groups is 3. The average Bonchev–Trinajstić information content (AvgIpc) is 3.04. The number of nitrogens with one attached hydrogen (secondary N) is 2. The van der Waals surface area contributed by atoms with Gasteiger partial charge < -0.3 is 20.5 Å². The number of carboxylic acids is 1. The third kappa shape index (κ3) is 5.83. The molecule has 0 fully saturated rings. The van der Waals surface area contributed by atoms with Crippen LogP contribution in [0.4, 0.5) is 4.79 Å². The van der Waals surface area contributed by atoms with Crippen LogP contribution >= 0.6 is 0 Å². The molecule has 10 nitrogen and oxygen atoms in total. The minimum Gasteiger partial charge on any atom is -0.481 e. The van der Waals surface area contributed by atoms with Crippen molar-refractivity contribution >= 4 is 28.0 Å². The molecular formula is C21H23N3O7S. The lowest BCUT2D eigenvalue weighted by Gasteiger charge is -2.18. The largest absolute Gasteiger partial charge is 0.481 e. The predicted octanol–water partition coefficient (Wildman–Crippen LogP) is 0.773. The average molecular weight is 461 g/mol. The zero-order valence-electron chi connectivity index (χ0n) is 17.0. The summed E-state index contributed by atoms with van der Waals surface area (Å²) in [7, 11) is -3.80. The molecule has 5 N–H and O–H groups in total. The zero-order chi connectivity index (χ0) is 23.3. The Balaban J connectivity index is 1.63. The number of fused-ring (bicyclic) bond motifs is 3. The van der Waals surface area contributed by atoms with Crippen molar-refractivity contribution in [1.29, 1.82) is 0 Å². The summed E-state index contributed by atoms with van der Waals surface area (Å²) in [6.07, 6.45) is -1.66. The third-order valence-corrected chi connectivity index (χ3v) is 5.79. The van der Waals surface area contributed by atoms with Gasteiger partial charge >= 0.3 is 12.1 Å². The Morgan fingerprint density at radius 2 is 1.59 bits per heavy atom. The Kier molecular flexibility index (Phi) is 7.11. The molecule has 2 aromatic rings. The number of benzene rings is 2. The highest BCUT2D eigenvalue weighted by Gasteiger charge is 2.30. The molecule has 0 bridgehead atoms. The molecule has 0 spiro atoms. The molecule has 1 aliphatic rings. The monoisotopic (exact) mass is 461 g/mol. The number of carboxylic acid groups (broad SMARTS) is 1. The number of primary sulfonamides is 1. The van der Waals surface area contributed by atoms with Gasteiger partial charge in [-0.05, 0) is 22.3 Å². The van der Waals surface area contributed by atoms with Crippen molar-refractivity contribution in [3.8, 4) is 11.1 Å². The van der Waals surface area contributed by atoms with Crippen LogP contribution in [0.1, 0.15) is 23.5 Å². The van der Waals surface area contributed by atoms with Gasteiger partial charge in [-0.2, -0.15) is 0 Å². The van der Waals surface area contributed by atoms with Crippen LogP contribution in [0.15, 0.2) is 48.5 Å². The van der Waals surface area contributed by atoms with Crippen molar-refractivity contribution in [3.05, 3.63) is 59.7 Å². The van der Waals surface area contributed by atoms with Crippen molar-refractivity contribution < 1.29 is 32.6 Å². The minimum absolute atomic E-state index is 0.00725. The Hall–Kier alpha value is -3.44. The van der Waals surface area contributed by atoms with E-state index >= 15 is 0 Å². The summed E-state index contributed by atoms with van der Waals surface area (Å²) < 4.78 is 27.3. The highest BCUT2D eigenvalue weighted by atomic mass is 32.2. The molecule has 2 amide bonds. The fourth-order valence-corrected chi connectivity index (χ4v) is 3.99. The van der Waals surface area contributed by atoms with Crippen molar-refractivity contribution in [2.45, 2.75) is 18.4 Å². The van der Waals surface area contributed by atoms with E-state index in [4.69, 9.17) is 15.0 Å². The Labute approximate surface area is 184 Å². The predicted molar refractivity (Wildman–Crippen MR) is 115 cm³/mol. The van der Waals surface area contributed by atoms with Crippen LogP contribution in [0.25, 0.3) is 11.1 Å². The van der Waals surface area contributed by atoms with Crippen LogP contribution in [0.2, 0.25) is 0 Å².